The molecule has 0 spiro atoms. The van der Waals surface area contributed by atoms with Crippen LogP contribution in [0.15, 0.2) is 6.07 Å². The third-order valence-electron chi connectivity index (χ3n) is 2.54. The fraction of sp³-hybridized carbons (Fsp3) is 0.769. The molecule has 0 radical (unpaired) electrons. The second-order valence-corrected chi connectivity index (χ2v) is 5.39. The molecule has 0 aromatic carbocycles. The minimum Gasteiger partial charge on any atom is -0.390 e. The van der Waals surface area contributed by atoms with E-state index in [1.807, 2.05) is 38.6 Å². The number of hydrogen-bond acceptors (Lipinski definition) is 3. The second-order valence-electron chi connectivity index (χ2n) is 5.39. The summed E-state index contributed by atoms with van der Waals surface area (Å²) in [5.74, 6) is 0. The Bertz CT molecular complexity index is 353. The molecule has 1 heterocycles. The highest BCUT2D eigenvalue weighted by molar-refractivity contribution is 5.11. The maximum atomic E-state index is 9.91. The van der Waals surface area contributed by atoms with Gasteiger partial charge in [0.05, 0.1) is 24.0 Å². The van der Waals surface area contributed by atoms with Crippen molar-refractivity contribution in [2.45, 2.75) is 52.2 Å². The summed E-state index contributed by atoms with van der Waals surface area (Å²) < 4.78 is 7.39. The molecule has 1 atom stereocenters. The Morgan fingerprint density at radius 1 is 1.47 bits per heavy atom. The van der Waals surface area contributed by atoms with Gasteiger partial charge in [-0.15, -0.1) is 0 Å². The van der Waals surface area contributed by atoms with Crippen molar-refractivity contribution in [2.75, 3.05) is 6.61 Å². The zero-order chi connectivity index (χ0) is 13.1. The summed E-state index contributed by atoms with van der Waals surface area (Å²) in [5.41, 5.74) is 1.90. The number of aromatic nitrogens is 2. The molecule has 0 amide bonds. The third kappa shape index (κ3) is 4.88. The Labute approximate surface area is 104 Å². The van der Waals surface area contributed by atoms with Crippen LogP contribution in [0.4, 0.5) is 0 Å². The summed E-state index contributed by atoms with van der Waals surface area (Å²) in [6.07, 6.45) is 1.02. The predicted molar refractivity (Wildman–Crippen MR) is 68.0 cm³/mol. The fourth-order valence-electron chi connectivity index (χ4n) is 1.58. The lowest BCUT2D eigenvalue weighted by Crippen LogP contribution is -2.27. The number of aryl methyl sites for hydroxylation is 2. The summed E-state index contributed by atoms with van der Waals surface area (Å²) in [6.45, 7) is 8.39. The van der Waals surface area contributed by atoms with Crippen LogP contribution in [0, 0.1) is 0 Å². The van der Waals surface area contributed by atoms with Gasteiger partial charge in [-0.2, -0.15) is 5.10 Å². The van der Waals surface area contributed by atoms with E-state index in [-0.39, 0.29) is 5.60 Å². The molecule has 4 nitrogen and oxygen atoms in total. The Morgan fingerprint density at radius 3 is 2.59 bits per heavy atom. The first-order valence-electron chi connectivity index (χ1n) is 6.15. The summed E-state index contributed by atoms with van der Waals surface area (Å²) in [4.78, 5) is 0. The van der Waals surface area contributed by atoms with Crippen molar-refractivity contribution in [1.29, 1.82) is 0 Å². The van der Waals surface area contributed by atoms with Crippen LogP contribution in [0.5, 0.6) is 0 Å². The monoisotopic (exact) mass is 240 g/mol. The minimum atomic E-state index is -0.477. The van der Waals surface area contributed by atoms with E-state index in [9.17, 15) is 5.11 Å². The highest BCUT2D eigenvalue weighted by Gasteiger charge is 2.15. The highest BCUT2D eigenvalue weighted by Crippen LogP contribution is 2.11. The van der Waals surface area contributed by atoms with Crippen molar-refractivity contribution < 1.29 is 9.84 Å². The van der Waals surface area contributed by atoms with E-state index in [1.54, 1.807) is 0 Å². The quantitative estimate of drug-likeness (QED) is 0.852. The van der Waals surface area contributed by atoms with Gasteiger partial charge in [0.1, 0.15) is 0 Å². The van der Waals surface area contributed by atoms with E-state index < -0.39 is 6.10 Å². The molecular weight excluding hydrogens is 216 g/mol. The first-order valence-corrected chi connectivity index (χ1v) is 6.15. The van der Waals surface area contributed by atoms with Crippen LogP contribution < -0.4 is 0 Å². The molecule has 0 saturated heterocycles. The third-order valence-corrected chi connectivity index (χ3v) is 2.54. The van der Waals surface area contributed by atoms with Crippen LogP contribution in [0.25, 0.3) is 0 Å². The number of rotatable bonds is 5. The van der Waals surface area contributed by atoms with Crippen molar-refractivity contribution in [2.24, 2.45) is 7.05 Å². The Kier molecular flexibility index (Phi) is 4.71. The van der Waals surface area contributed by atoms with Crippen LogP contribution in [0.1, 0.15) is 39.1 Å². The van der Waals surface area contributed by atoms with E-state index in [1.165, 1.54) is 0 Å². The molecule has 0 saturated carbocycles. The van der Waals surface area contributed by atoms with E-state index in [0.29, 0.717) is 13.0 Å². The molecule has 0 aliphatic heterocycles. The normalized spacial score (nSPS) is 14.0. The molecule has 1 unspecified atom stereocenters. The molecule has 0 aliphatic carbocycles. The van der Waals surface area contributed by atoms with Crippen molar-refractivity contribution in [3.63, 3.8) is 0 Å². The van der Waals surface area contributed by atoms with Crippen LogP contribution in [0.2, 0.25) is 0 Å². The molecule has 0 bridgehead atoms. The summed E-state index contributed by atoms with van der Waals surface area (Å²) >= 11 is 0. The zero-order valence-electron chi connectivity index (χ0n) is 11.5. The first-order chi connectivity index (χ1) is 7.81. The van der Waals surface area contributed by atoms with Crippen molar-refractivity contribution in [3.8, 4) is 0 Å². The second kappa shape index (κ2) is 5.65. The zero-order valence-corrected chi connectivity index (χ0v) is 11.5. The van der Waals surface area contributed by atoms with Gasteiger partial charge in [-0.05, 0) is 33.3 Å². The van der Waals surface area contributed by atoms with E-state index in [4.69, 9.17) is 4.74 Å². The van der Waals surface area contributed by atoms with E-state index in [2.05, 4.69) is 12.0 Å². The summed E-state index contributed by atoms with van der Waals surface area (Å²) in [6, 6.07) is 2.04. The molecule has 98 valence electrons. The van der Waals surface area contributed by atoms with Crippen molar-refractivity contribution >= 4 is 0 Å². The van der Waals surface area contributed by atoms with Gasteiger partial charge in [0.2, 0.25) is 0 Å². The van der Waals surface area contributed by atoms with Gasteiger partial charge in [0.25, 0.3) is 0 Å². The van der Waals surface area contributed by atoms with Crippen molar-refractivity contribution in [3.05, 3.63) is 17.5 Å². The summed E-state index contributed by atoms with van der Waals surface area (Å²) in [7, 11) is 1.91. The van der Waals surface area contributed by atoms with E-state index in [0.717, 1.165) is 17.8 Å². The van der Waals surface area contributed by atoms with Gasteiger partial charge < -0.3 is 9.84 Å². The first kappa shape index (κ1) is 14.2. The maximum Gasteiger partial charge on any atom is 0.0829 e. The minimum absolute atomic E-state index is 0.206. The average Bonchev–Trinajstić information content (AvgIpc) is 2.56. The van der Waals surface area contributed by atoms with Crippen LogP contribution in [-0.2, 0) is 24.6 Å². The van der Waals surface area contributed by atoms with E-state index >= 15 is 0 Å². The van der Waals surface area contributed by atoms with Crippen molar-refractivity contribution in [1.82, 2.24) is 9.78 Å². The Hall–Kier alpha value is -0.870. The van der Waals surface area contributed by atoms with Crippen LogP contribution >= 0.6 is 0 Å². The smallest absolute Gasteiger partial charge is 0.0829 e. The van der Waals surface area contributed by atoms with Gasteiger partial charge in [-0.3, -0.25) is 4.68 Å². The Balaban J connectivity index is 2.50. The van der Waals surface area contributed by atoms with Gasteiger partial charge in [0, 0.05) is 19.2 Å². The highest BCUT2D eigenvalue weighted by atomic mass is 16.5. The lowest BCUT2D eigenvalue weighted by Gasteiger charge is -2.21. The SMILES string of the molecule is CCc1cc(CC(O)COC(C)(C)C)n(C)n1. The number of ether oxygens (including phenoxy) is 1. The number of aliphatic hydroxyl groups is 1. The largest absolute Gasteiger partial charge is 0.390 e. The molecule has 17 heavy (non-hydrogen) atoms. The van der Waals surface area contributed by atoms with Crippen LogP contribution in [0.3, 0.4) is 0 Å². The molecular formula is C13H24N2O2. The van der Waals surface area contributed by atoms with Gasteiger partial charge >= 0.3 is 0 Å². The Morgan fingerprint density at radius 2 is 2.12 bits per heavy atom. The number of aliphatic hydroxyl groups excluding tert-OH is 1. The molecule has 1 rings (SSSR count). The van der Waals surface area contributed by atoms with Gasteiger partial charge in [-0.1, -0.05) is 6.92 Å². The molecule has 1 N–H and O–H groups in total. The molecule has 1 aromatic heterocycles. The van der Waals surface area contributed by atoms with Crippen LogP contribution in [-0.4, -0.2) is 33.2 Å². The fourth-order valence-corrected chi connectivity index (χ4v) is 1.58. The predicted octanol–water partition coefficient (Wildman–Crippen LogP) is 1.70. The maximum absolute atomic E-state index is 9.91. The molecule has 4 heteroatoms. The topological polar surface area (TPSA) is 47.3 Å². The van der Waals surface area contributed by atoms with Gasteiger partial charge in [-0.25, -0.2) is 0 Å². The molecule has 1 aromatic rings. The van der Waals surface area contributed by atoms with Gasteiger partial charge in [0.15, 0.2) is 0 Å². The average molecular weight is 240 g/mol. The number of hydrogen-bond donors (Lipinski definition) is 1. The lowest BCUT2D eigenvalue weighted by atomic mass is 10.1. The lowest BCUT2D eigenvalue weighted by molar-refractivity contribution is -0.0486. The standard InChI is InChI=1S/C13H24N2O2/c1-6-10-7-11(15(5)14-10)8-12(16)9-17-13(2,3)4/h7,12,16H,6,8-9H2,1-5H3. The summed E-state index contributed by atoms with van der Waals surface area (Å²) in [5, 5.41) is 14.3. The number of nitrogens with zero attached hydrogens (tertiary/aromatic N) is 2. The molecule has 0 fully saturated rings. The molecule has 0 aliphatic rings.